The molecule has 0 radical (unpaired) electrons. The zero-order valence-corrected chi connectivity index (χ0v) is 13.5. The average Bonchev–Trinajstić information content (AvgIpc) is 3.03. The number of ether oxygens (including phenoxy) is 1. The molecule has 6 heteroatoms. The third-order valence-corrected chi connectivity index (χ3v) is 4.19. The molecule has 0 aliphatic carbocycles. The van der Waals surface area contributed by atoms with Crippen LogP contribution < -0.4 is 4.74 Å². The molecule has 2 heterocycles. The highest BCUT2D eigenvalue weighted by molar-refractivity contribution is 5.73. The van der Waals surface area contributed by atoms with Crippen LogP contribution in [-0.2, 0) is 11.3 Å². The summed E-state index contributed by atoms with van der Waals surface area (Å²) in [5.41, 5.74) is 2.01. The average molecular weight is 315 g/mol. The first kappa shape index (κ1) is 15.6. The Morgan fingerprint density at radius 1 is 1.30 bits per heavy atom. The Bertz CT molecular complexity index is 675. The van der Waals surface area contributed by atoms with Crippen LogP contribution in [-0.4, -0.2) is 54.2 Å². The zero-order valence-electron chi connectivity index (χ0n) is 13.5. The van der Waals surface area contributed by atoms with E-state index in [0.29, 0.717) is 0 Å². The van der Waals surface area contributed by atoms with Crippen molar-refractivity contribution in [3.05, 3.63) is 36.0 Å². The number of hydrogen-bond donors (Lipinski definition) is 0. The largest absolute Gasteiger partial charge is 0.497 e. The van der Waals surface area contributed by atoms with Gasteiger partial charge in [-0.05, 0) is 12.1 Å². The quantitative estimate of drug-likeness (QED) is 0.864. The lowest BCUT2D eigenvalue weighted by molar-refractivity contribution is -0.130. The van der Waals surface area contributed by atoms with Crippen molar-refractivity contribution >= 4 is 5.91 Å². The first-order valence-electron chi connectivity index (χ1n) is 7.73. The van der Waals surface area contributed by atoms with Gasteiger partial charge in [0, 0.05) is 50.8 Å². The van der Waals surface area contributed by atoms with Gasteiger partial charge in [0.1, 0.15) is 5.75 Å². The van der Waals surface area contributed by atoms with Crippen LogP contribution in [0.3, 0.4) is 0 Å². The monoisotopic (exact) mass is 315 g/mol. The minimum atomic E-state index is 0.145. The number of aromatic nitrogens is 1. The Hall–Kier alpha value is -2.34. The van der Waals surface area contributed by atoms with Crippen LogP contribution in [0.4, 0.5) is 0 Å². The van der Waals surface area contributed by atoms with Crippen LogP contribution in [0.15, 0.2) is 35.0 Å². The smallest absolute Gasteiger partial charge is 0.219 e. The molecule has 0 unspecified atom stereocenters. The van der Waals surface area contributed by atoms with Crippen LogP contribution in [0.1, 0.15) is 12.5 Å². The van der Waals surface area contributed by atoms with Gasteiger partial charge < -0.3 is 14.2 Å². The van der Waals surface area contributed by atoms with Crippen molar-refractivity contribution in [1.82, 2.24) is 15.0 Å². The van der Waals surface area contributed by atoms with Gasteiger partial charge in [0.2, 0.25) is 5.91 Å². The van der Waals surface area contributed by atoms with Gasteiger partial charge >= 0.3 is 0 Å². The number of carbonyl (C=O) groups is 1. The lowest BCUT2D eigenvalue weighted by atomic mass is 10.1. The molecule has 1 aromatic heterocycles. The molecule has 1 aliphatic rings. The summed E-state index contributed by atoms with van der Waals surface area (Å²) in [5.74, 6) is 1.71. The number of piperazine rings is 1. The normalized spacial score (nSPS) is 15.7. The highest BCUT2D eigenvalue weighted by atomic mass is 16.5. The minimum Gasteiger partial charge on any atom is -0.497 e. The molecule has 0 spiro atoms. The van der Waals surface area contributed by atoms with Crippen molar-refractivity contribution in [2.75, 3.05) is 33.3 Å². The van der Waals surface area contributed by atoms with Crippen LogP contribution in [0.5, 0.6) is 5.75 Å². The third-order valence-electron chi connectivity index (χ3n) is 4.19. The van der Waals surface area contributed by atoms with E-state index in [4.69, 9.17) is 9.26 Å². The lowest BCUT2D eigenvalue weighted by Crippen LogP contribution is -2.47. The number of amides is 1. The summed E-state index contributed by atoms with van der Waals surface area (Å²) in [5, 5.41) is 3.96. The third kappa shape index (κ3) is 3.53. The van der Waals surface area contributed by atoms with E-state index in [9.17, 15) is 4.79 Å². The Kier molecular flexibility index (Phi) is 4.62. The molecule has 0 N–H and O–H groups in total. The van der Waals surface area contributed by atoms with Gasteiger partial charge in [-0.1, -0.05) is 17.3 Å². The Balaban J connectivity index is 1.71. The summed E-state index contributed by atoms with van der Waals surface area (Å²) >= 11 is 0. The van der Waals surface area contributed by atoms with E-state index >= 15 is 0 Å². The van der Waals surface area contributed by atoms with Crippen molar-refractivity contribution in [2.24, 2.45) is 0 Å². The molecule has 0 bridgehead atoms. The Labute approximate surface area is 135 Å². The molecule has 23 heavy (non-hydrogen) atoms. The molecule has 3 rings (SSSR count). The number of rotatable bonds is 4. The van der Waals surface area contributed by atoms with Crippen molar-refractivity contribution in [1.29, 1.82) is 0 Å². The molecule has 1 saturated heterocycles. The van der Waals surface area contributed by atoms with E-state index < -0.39 is 0 Å². The fourth-order valence-electron chi connectivity index (χ4n) is 2.84. The highest BCUT2D eigenvalue weighted by Gasteiger charge is 2.21. The van der Waals surface area contributed by atoms with Crippen molar-refractivity contribution in [3.8, 4) is 17.1 Å². The molecular formula is C17H21N3O3. The first-order valence-corrected chi connectivity index (χ1v) is 7.73. The number of carbonyl (C=O) groups excluding carboxylic acids is 1. The summed E-state index contributed by atoms with van der Waals surface area (Å²) in [4.78, 5) is 15.6. The second kappa shape index (κ2) is 6.83. The second-order valence-corrected chi connectivity index (χ2v) is 5.69. The van der Waals surface area contributed by atoms with Crippen LogP contribution >= 0.6 is 0 Å². The summed E-state index contributed by atoms with van der Waals surface area (Å²) in [6.45, 7) is 5.66. The fourth-order valence-corrected chi connectivity index (χ4v) is 2.84. The predicted octanol–water partition coefficient (Wildman–Crippen LogP) is 2.01. The lowest BCUT2D eigenvalue weighted by Gasteiger charge is -2.33. The van der Waals surface area contributed by atoms with Gasteiger partial charge in [-0.3, -0.25) is 9.69 Å². The van der Waals surface area contributed by atoms with Gasteiger partial charge in [-0.25, -0.2) is 0 Å². The predicted molar refractivity (Wildman–Crippen MR) is 86.0 cm³/mol. The molecule has 0 atom stereocenters. The maximum atomic E-state index is 11.4. The summed E-state index contributed by atoms with van der Waals surface area (Å²) in [6.07, 6.45) is 1.77. The number of nitrogens with zero attached hydrogens (tertiary/aromatic N) is 3. The molecule has 1 fully saturated rings. The molecular weight excluding hydrogens is 294 g/mol. The van der Waals surface area contributed by atoms with E-state index in [0.717, 1.165) is 55.4 Å². The SMILES string of the molecule is COc1cccc(-c2oncc2CN2CCN(C(C)=O)CC2)c1. The molecule has 6 nitrogen and oxygen atoms in total. The van der Waals surface area contributed by atoms with Gasteiger partial charge in [0.15, 0.2) is 5.76 Å². The van der Waals surface area contributed by atoms with Gasteiger partial charge in [-0.15, -0.1) is 0 Å². The summed E-state index contributed by atoms with van der Waals surface area (Å²) in [7, 11) is 1.65. The minimum absolute atomic E-state index is 0.145. The highest BCUT2D eigenvalue weighted by Crippen LogP contribution is 2.27. The fraction of sp³-hybridized carbons (Fsp3) is 0.412. The van der Waals surface area contributed by atoms with Crippen LogP contribution in [0.2, 0.25) is 0 Å². The van der Waals surface area contributed by atoms with Gasteiger partial charge in [-0.2, -0.15) is 0 Å². The maximum Gasteiger partial charge on any atom is 0.219 e. The Morgan fingerprint density at radius 3 is 2.78 bits per heavy atom. The molecule has 1 amide bonds. The molecule has 1 aliphatic heterocycles. The van der Waals surface area contributed by atoms with E-state index in [1.165, 1.54) is 0 Å². The number of methoxy groups -OCH3 is 1. The van der Waals surface area contributed by atoms with Crippen molar-refractivity contribution in [3.63, 3.8) is 0 Å². The zero-order chi connectivity index (χ0) is 16.2. The maximum absolute atomic E-state index is 11.4. The van der Waals surface area contributed by atoms with E-state index in [2.05, 4.69) is 10.1 Å². The van der Waals surface area contributed by atoms with Crippen molar-refractivity contribution in [2.45, 2.75) is 13.5 Å². The number of hydrogen-bond acceptors (Lipinski definition) is 5. The first-order chi connectivity index (χ1) is 11.2. The molecule has 122 valence electrons. The standard InChI is InChI=1S/C17H21N3O3/c1-13(21)20-8-6-19(7-9-20)12-15-11-18-23-17(15)14-4-3-5-16(10-14)22-2/h3-5,10-11H,6-9,12H2,1-2H3. The van der Waals surface area contributed by atoms with Crippen LogP contribution in [0.25, 0.3) is 11.3 Å². The summed E-state index contributed by atoms with van der Waals surface area (Å²) < 4.78 is 10.7. The van der Waals surface area contributed by atoms with Gasteiger partial charge in [0.25, 0.3) is 0 Å². The second-order valence-electron chi connectivity index (χ2n) is 5.69. The number of benzene rings is 1. The topological polar surface area (TPSA) is 58.8 Å². The molecule has 1 aromatic carbocycles. The van der Waals surface area contributed by atoms with Crippen molar-refractivity contribution < 1.29 is 14.1 Å². The molecule has 0 saturated carbocycles. The Morgan fingerprint density at radius 2 is 2.09 bits per heavy atom. The molecule has 2 aromatic rings. The van der Waals surface area contributed by atoms with E-state index in [1.807, 2.05) is 29.2 Å². The van der Waals surface area contributed by atoms with Crippen LogP contribution in [0, 0.1) is 0 Å². The van der Waals surface area contributed by atoms with E-state index in [1.54, 1.807) is 20.2 Å². The summed E-state index contributed by atoms with van der Waals surface area (Å²) in [6, 6.07) is 7.77. The van der Waals surface area contributed by atoms with E-state index in [-0.39, 0.29) is 5.91 Å². The van der Waals surface area contributed by atoms with Gasteiger partial charge in [0.05, 0.1) is 13.3 Å².